The summed E-state index contributed by atoms with van der Waals surface area (Å²) in [6.07, 6.45) is 2.54. The summed E-state index contributed by atoms with van der Waals surface area (Å²) >= 11 is 0. The number of nitrogens with zero attached hydrogens (tertiary/aromatic N) is 5. The first kappa shape index (κ1) is 16.1. The van der Waals surface area contributed by atoms with Crippen molar-refractivity contribution >= 4 is 0 Å². The Morgan fingerprint density at radius 3 is 2.65 bits per heavy atom. The van der Waals surface area contributed by atoms with E-state index in [-0.39, 0.29) is 23.9 Å². The number of hydrogen-bond donors (Lipinski definition) is 0. The predicted octanol–water partition coefficient (Wildman–Crippen LogP) is 3.63. The van der Waals surface area contributed by atoms with Crippen LogP contribution in [-0.4, -0.2) is 24.9 Å². The fourth-order valence-electron chi connectivity index (χ4n) is 2.56. The molecule has 1 aromatic carbocycles. The van der Waals surface area contributed by atoms with Crippen LogP contribution in [0.15, 0.2) is 53.4 Å². The zero-order valence-corrected chi connectivity index (χ0v) is 13.7. The molecule has 0 aliphatic heterocycles. The van der Waals surface area contributed by atoms with Crippen LogP contribution in [0.4, 0.5) is 8.78 Å². The molecular formula is C18H13F2N5O. The molecule has 3 heterocycles. The number of hydrogen-bond acceptors (Lipinski definition) is 5. The molecule has 0 unspecified atom stereocenters. The highest BCUT2D eigenvalue weighted by Gasteiger charge is 2.17. The summed E-state index contributed by atoms with van der Waals surface area (Å²) in [7, 11) is 0. The van der Waals surface area contributed by atoms with Crippen molar-refractivity contribution in [2.45, 2.75) is 13.5 Å². The molecule has 6 nitrogen and oxygen atoms in total. The Kier molecular flexibility index (Phi) is 4.00. The largest absolute Gasteiger partial charge is 0.364 e. The average Bonchev–Trinajstić information content (AvgIpc) is 3.29. The summed E-state index contributed by atoms with van der Waals surface area (Å²) in [4.78, 5) is 8.11. The third kappa shape index (κ3) is 2.97. The van der Waals surface area contributed by atoms with Gasteiger partial charge in [-0.3, -0.25) is 4.68 Å². The second-order valence-corrected chi connectivity index (χ2v) is 5.68. The van der Waals surface area contributed by atoms with Gasteiger partial charge in [-0.1, -0.05) is 23.4 Å². The van der Waals surface area contributed by atoms with E-state index in [1.54, 1.807) is 41.9 Å². The maximum atomic E-state index is 14.0. The molecule has 0 amide bonds. The quantitative estimate of drug-likeness (QED) is 0.560. The number of aryl methyl sites for hydroxylation is 1. The van der Waals surface area contributed by atoms with Crippen LogP contribution in [0.5, 0.6) is 0 Å². The van der Waals surface area contributed by atoms with Crippen LogP contribution in [0.3, 0.4) is 0 Å². The van der Waals surface area contributed by atoms with Crippen molar-refractivity contribution in [3.63, 3.8) is 0 Å². The number of benzene rings is 1. The van der Waals surface area contributed by atoms with Gasteiger partial charge in [0.2, 0.25) is 0 Å². The Labute approximate surface area is 147 Å². The van der Waals surface area contributed by atoms with Crippen LogP contribution in [0, 0.1) is 18.6 Å². The van der Waals surface area contributed by atoms with Crippen LogP contribution in [0.25, 0.3) is 22.9 Å². The van der Waals surface area contributed by atoms with Gasteiger partial charge in [-0.2, -0.15) is 5.10 Å². The van der Waals surface area contributed by atoms with E-state index in [1.165, 1.54) is 12.3 Å². The first-order valence-corrected chi connectivity index (χ1v) is 7.83. The number of rotatable bonds is 4. The monoisotopic (exact) mass is 353 g/mol. The highest BCUT2D eigenvalue weighted by molar-refractivity contribution is 5.62. The summed E-state index contributed by atoms with van der Waals surface area (Å²) in [6.45, 7) is 1.74. The van der Waals surface area contributed by atoms with Gasteiger partial charge < -0.3 is 4.52 Å². The van der Waals surface area contributed by atoms with E-state index in [2.05, 4.69) is 20.2 Å². The van der Waals surface area contributed by atoms with Crippen molar-refractivity contribution in [3.05, 3.63) is 71.8 Å². The van der Waals surface area contributed by atoms with E-state index < -0.39 is 5.82 Å². The van der Waals surface area contributed by atoms with Crippen LogP contribution in [0.1, 0.15) is 11.3 Å². The molecule has 0 saturated carbocycles. The molecule has 0 spiro atoms. The fraction of sp³-hybridized carbons (Fsp3) is 0.111. The summed E-state index contributed by atoms with van der Waals surface area (Å²) in [5.74, 6) is -0.540. The molecule has 0 atom stereocenters. The molecule has 26 heavy (non-hydrogen) atoms. The van der Waals surface area contributed by atoms with Gasteiger partial charge in [-0.05, 0) is 19.1 Å². The van der Waals surface area contributed by atoms with Crippen LogP contribution >= 0.6 is 0 Å². The lowest BCUT2D eigenvalue weighted by atomic mass is 10.2. The second kappa shape index (κ2) is 6.47. The van der Waals surface area contributed by atoms with E-state index in [0.29, 0.717) is 22.6 Å². The Morgan fingerprint density at radius 2 is 1.92 bits per heavy atom. The van der Waals surface area contributed by atoms with Gasteiger partial charge in [0, 0.05) is 11.6 Å². The predicted molar refractivity (Wildman–Crippen MR) is 88.9 cm³/mol. The Bertz CT molecular complexity index is 1060. The summed E-state index contributed by atoms with van der Waals surface area (Å²) in [5.41, 5.74) is 2.29. The van der Waals surface area contributed by atoms with Gasteiger partial charge in [0.05, 0.1) is 24.1 Å². The molecule has 4 rings (SSSR count). The normalized spacial score (nSPS) is 11.0. The molecule has 0 fully saturated rings. The van der Waals surface area contributed by atoms with Crippen molar-refractivity contribution in [1.82, 2.24) is 24.9 Å². The minimum absolute atomic E-state index is 0.190. The number of aromatic nitrogens is 5. The fourth-order valence-corrected chi connectivity index (χ4v) is 2.56. The van der Waals surface area contributed by atoms with Crippen molar-refractivity contribution in [2.24, 2.45) is 0 Å². The summed E-state index contributed by atoms with van der Waals surface area (Å²) in [6, 6.07) is 9.84. The first-order valence-electron chi connectivity index (χ1n) is 7.83. The molecule has 0 radical (unpaired) electrons. The molecule has 0 saturated heterocycles. The van der Waals surface area contributed by atoms with Crippen LogP contribution in [-0.2, 0) is 6.54 Å². The van der Waals surface area contributed by atoms with Gasteiger partial charge in [0.15, 0.2) is 11.6 Å². The zero-order chi connectivity index (χ0) is 18.1. The van der Waals surface area contributed by atoms with Gasteiger partial charge in [-0.15, -0.1) is 0 Å². The molecule has 8 heteroatoms. The second-order valence-electron chi connectivity index (χ2n) is 5.68. The topological polar surface area (TPSA) is 69.6 Å². The van der Waals surface area contributed by atoms with Gasteiger partial charge in [-0.25, -0.2) is 18.7 Å². The summed E-state index contributed by atoms with van der Waals surface area (Å²) in [5, 5.41) is 8.38. The Morgan fingerprint density at radius 1 is 1.08 bits per heavy atom. The van der Waals surface area contributed by atoms with Crippen molar-refractivity contribution < 1.29 is 13.3 Å². The molecular weight excluding hydrogens is 340 g/mol. The van der Waals surface area contributed by atoms with Gasteiger partial charge >= 0.3 is 0 Å². The lowest BCUT2D eigenvalue weighted by molar-refractivity contribution is 0.421. The summed E-state index contributed by atoms with van der Waals surface area (Å²) < 4.78 is 34.0. The lowest BCUT2D eigenvalue weighted by Gasteiger charge is -2.06. The van der Waals surface area contributed by atoms with E-state index in [4.69, 9.17) is 4.52 Å². The molecule has 4 aromatic rings. The number of halogens is 2. The average molecular weight is 353 g/mol. The highest BCUT2D eigenvalue weighted by Crippen LogP contribution is 2.25. The third-order valence-corrected chi connectivity index (χ3v) is 3.91. The Hall–Kier alpha value is -3.42. The minimum atomic E-state index is -0.490. The molecule has 0 N–H and O–H groups in total. The van der Waals surface area contributed by atoms with Gasteiger partial charge in [0.1, 0.15) is 23.5 Å². The maximum absolute atomic E-state index is 14.0. The van der Waals surface area contributed by atoms with Crippen molar-refractivity contribution in [2.75, 3.05) is 0 Å². The SMILES string of the molecule is Cc1nc(-c2cc(-c3ccon3)n(Cc3ccccc3F)n2)ncc1F. The third-order valence-electron chi connectivity index (χ3n) is 3.91. The van der Waals surface area contributed by atoms with E-state index >= 15 is 0 Å². The highest BCUT2D eigenvalue weighted by atomic mass is 19.1. The molecule has 3 aromatic heterocycles. The van der Waals surface area contributed by atoms with Crippen LogP contribution < -0.4 is 0 Å². The zero-order valence-electron chi connectivity index (χ0n) is 13.7. The Balaban J connectivity index is 1.80. The molecule has 130 valence electrons. The van der Waals surface area contributed by atoms with Crippen LogP contribution in [0.2, 0.25) is 0 Å². The van der Waals surface area contributed by atoms with Gasteiger partial charge in [0.25, 0.3) is 0 Å². The molecule has 0 aliphatic rings. The maximum Gasteiger partial charge on any atom is 0.180 e. The first-order chi connectivity index (χ1) is 12.6. The molecule has 0 bridgehead atoms. The van der Waals surface area contributed by atoms with E-state index in [1.807, 2.05) is 0 Å². The standard InChI is InChI=1S/C18H13F2N5O/c1-11-14(20)9-21-18(22-11)16-8-17(15-6-7-26-24-15)25(23-16)10-12-4-2-3-5-13(12)19/h2-9H,10H2,1H3. The van der Waals surface area contributed by atoms with E-state index in [9.17, 15) is 8.78 Å². The molecule has 0 aliphatic carbocycles. The smallest absolute Gasteiger partial charge is 0.180 e. The van der Waals surface area contributed by atoms with Crippen molar-refractivity contribution in [3.8, 4) is 22.9 Å². The van der Waals surface area contributed by atoms with E-state index in [0.717, 1.165) is 6.20 Å². The van der Waals surface area contributed by atoms with Crippen molar-refractivity contribution in [1.29, 1.82) is 0 Å². The minimum Gasteiger partial charge on any atom is -0.364 e. The lowest BCUT2D eigenvalue weighted by Crippen LogP contribution is -2.06.